The molecule has 0 spiro atoms. The fraction of sp³-hybridized carbons (Fsp3) is 0.333. The Morgan fingerprint density at radius 3 is 2.53 bits per heavy atom. The number of amides is 1. The summed E-state index contributed by atoms with van der Waals surface area (Å²) in [5.41, 5.74) is 1.98. The number of carbonyl (C=O) groups excluding carboxylic acids is 1. The minimum atomic E-state index is -0.191. The van der Waals surface area contributed by atoms with Crippen LogP contribution < -0.4 is 15.5 Å². The van der Waals surface area contributed by atoms with Crippen LogP contribution in [0, 0.1) is 11.3 Å². The predicted octanol–water partition coefficient (Wildman–Crippen LogP) is 0.804. The SMILES string of the molecule is CN(C)c1ccc(NCC(=O)NCC#N)cc1. The number of anilines is 2. The van der Waals surface area contributed by atoms with Gasteiger partial charge in [-0.2, -0.15) is 5.26 Å². The molecule has 0 saturated carbocycles. The molecule has 5 heteroatoms. The molecule has 90 valence electrons. The second-order valence-electron chi connectivity index (χ2n) is 3.73. The molecule has 0 radical (unpaired) electrons. The molecule has 0 fully saturated rings. The van der Waals surface area contributed by atoms with Crippen LogP contribution in [0.4, 0.5) is 11.4 Å². The van der Waals surface area contributed by atoms with E-state index in [2.05, 4.69) is 10.6 Å². The van der Waals surface area contributed by atoms with Crippen LogP contribution in [-0.4, -0.2) is 33.1 Å². The van der Waals surface area contributed by atoms with Gasteiger partial charge in [0.15, 0.2) is 0 Å². The maximum atomic E-state index is 11.2. The zero-order valence-corrected chi connectivity index (χ0v) is 10.0. The topological polar surface area (TPSA) is 68.2 Å². The second-order valence-corrected chi connectivity index (χ2v) is 3.73. The molecule has 1 aromatic rings. The highest BCUT2D eigenvalue weighted by Gasteiger charge is 2.00. The first-order chi connectivity index (χ1) is 8.13. The van der Waals surface area contributed by atoms with E-state index in [1.165, 1.54) is 0 Å². The van der Waals surface area contributed by atoms with Gasteiger partial charge in [-0.1, -0.05) is 0 Å². The molecular formula is C12H16N4O. The number of nitrogens with one attached hydrogen (secondary N) is 2. The number of hydrogen-bond donors (Lipinski definition) is 2. The van der Waals surface area contributed by atoms with E-state index in [1.54, 1.807) is 0 Å². The maximum Gasteiger partial charge on any atom is 0.240 e. The summed E-state index contributed by atoms with van der Waals surface area (Å²) >= 11 is 0. The summed E-state index contributed by atoms with van der Waals surface area (Å²) in [5.74, 6) is -0.191. The van der Waals surface area contributed by atoms with Crippen LogP contribution in [-0.2, 0) is 4.79 Å². The lowest BCUT2D eigenvalue weighted by Gasteiger charge is -2.13. The average molecular weight is 232 g/mol. The van der Waals surface area contributed by atoms with Crippen molar-refractivity contribution in [2.75, 3.05) is 37.4 Å². The Balaban J connectivity index is 2.42. The third kappa shape index (κ3) is 4.43. The summed E-state index contributed by atoms with van der Waals surface area (Å²) in [4.78, 5) is 13.2. The maximum absolute atomic E-state index is 11.2. The van der Waals surface area contributed by atoms with Gasteiger partial charge in [-0.05, 0) is 24.3 Å². The molecule has 0 aliphatic carbocycles. The number of benzene rings is 1. The Morgan fingerprint density at radius 1 is 1.35 bits per heavy atom. The Labute approximate surface area is 101 Å². The van der Waals surface area contributed by atoms with E-state index in [4.69, 9.17) is 5.26 Å². The first-order valence-electron chi connectivity index (χ1n) is 5.28. The Morgan fingerprint density at radius 2 is 2.00 bits per heavy atom. The number of nitriles is 1. The van der Waals surface area contributed by atoms with Crippen molar-refractivity contribution in [2.24, 2.45) is 0 Å². The molecule has 0 bridgehead atoms. The van der Waals surface area contributed by atoms with Crippen molar-refractivity contribution in [3.05, 3.63) is 24.3 Å². The lowest BCUT2D eigenvalue weighted by molar-refractivity contribution is -0.119. The van der Waals surface area contributed by atoms with Gasteiger partial charge in [0.25, 0.3) is 0 Å². The van der Waals surface area contributed by atoms with E-state index in [0.29, 0.717) is 0 Å². The van der Waals surface area contributed by atoms with Crippen molar-refractivity contribution < 1.29 is 4.79 Å². The summed E-state index contributed by atoms with van der Waals surface area (Å²) in [5, 5.41) is 13.7. The smallest absolute Gasteiger partial charge is 0.240 e. The minimum Gasteiger partial charge on any atom is -0.378 e. The first kappa shape index (κ1) is 12.8. The Bertz CT molecular complexity index is 406. The summed E-state index contributed by atoms with van der Waals surface area (Å²) in [6, 6.07) is 9.61. The molecule has 1 amide bonds. The quantitative estimate of drug-likeness (QED) is 0.737. The summed E-state index contributed by atoms with van der Waals surface area (Å²) in [6.45, 7) is 0.211. The van der Waals surface area contributed by atoms with Gasteiger partial charge in [0, 0.05) is 25.5 Å². The predicted molar refractivity (Wildman–Crippen MR) is 67.9 cm³/mol. The van der Waals surface area contributed by atoms with Crippen molar-refractivity contribution in [3.63, 3.8) is 0 Å². The number of nitrogens with zero attached hydrogens (tertiary/aromatic N) is 2. The third-order valence-corrected chi connectivity index (χ3v) is 2.20. The Kier molecular flexibility index (Phi) is 4.82. The van der Waals surface area contributed by atoms with Crippen LogP contribution >= 0.6 is 0 Å². The van der Waals surface area contributed by atoms with Gasteiger partial charge in [-0.3, -0.25) is 4.79 Å². The van der Waals surface area contributed by atoms with Crippen LogP contribution in [0.25, 0.3) is 0 Å². The van der Waals surface area contributed by atoms with E-state index in [0.717, 1.165) is 11.4 Å². The van der Waals surface area contributed by atoms with Gasteiger partial charge >= 0.3 is 0 Å². The lowest BCUT2D eigenvalue weighted by atomic mass is 10.2. The average Bonchev–Trinajstić information content (AvgIpc) is 2.34. The Hall–Kier alpha value is -2.22. The van der Waals surface area contributed by atoms with Crippen LogP contribution in [0.5, 0.6) is 0 Å². The summed E-state index contributed by atoms with van der Waals surface area (Å²) in [6.07, 6.45) is 0. The molecule has 0 unspecified atom stereocenters. The highest BCUT2D eigenvalue weighted by Crippen LogP contribution is 2.15. The van der Waals surface area contributed by atoms with Crippen LogP contribution in [0.15, 0.2) is 24.3 Å². The third-order valence-electron chi connectivity index (χ3n) is 2.20. The number of rotatable bonds is 5. The summed E-state index contributed by atoms with van der Waals surface area (Å²) < 4.78 is 0. The zero-order chi connectivity index (χ0) is 12.7. The van der Waals surface area contributed by atoms with Crippen LogP contribution in [0.2, 0.25) is 0 Å². The molecular weight excluding hydrogens is 216 g/mol. The molecule has 0 aliphatic heterocycles. The molecule has 0 atom stereocenters. The molecule has 2 N–H and O–H groups in total. The van der Waals surface area contributed by atoms with E-state index < -0.39 is 0 Å². The second kappa shape index (κ2) is 6.38. The highest BCUT2D eigenvalue weighted by molar-refractivity contribution is 5.80. The van der Waals surface area contributed by atoms with Crippen molar-refractivity contribution in [1.29, 1.82) is 5.26 Å². The molecule has 17 heavy (non-hydrogen) atoms. The van der Waals surface area contributed by atoms with Crippen LogP contribution in [0.3, 0.4) is 0 Å². The summed E-state index contributed by atoms with van der Waals surface area (Å²) in [7, 11) is 3.94. The minimum absolute atomic E-state index is 0.0417. The van der Waals surface area contributed by atoms with Crippen molar-refractivity contribution in [1.82, 2.24) is 5.32 Å². The fourth-order valence-electron chi connectivity index (χ4n) is 1.26. The largest absolute Gasteiger partial charge is 0.378 e. The molecule has 1 aromatic carbocycles. The van der Waals surface area contributed by atoms with Gasteiger partial charge in [-0.25, -0.2) is 0 Å². The normalized spacial score (nSPS) is 9.24. The molecule has 1 rings (SSSR count). The van der Waals surface area contributed by atoms with Gasteiger partial charge in [-0.15, -0.1) is 0 Å². The fourth-order valence-corrected chi connectivity index (χ4v) is 1.26. The zero-order valence-electron chi connectivity index (χ0n) is 10.0. The van der Waals surface area contributed by atoms with E-state index in [9.17, 15) is 4.79 Å². The van der Waals surface area contributed by atoms with Gasteiger partial charge in [0.05, 0.1) is 12.6 Å². The highest BCUT2D eigenvalue weighted by atomic mass is 16.1. The van der Waals surface area contributed by atoms with Gasteiger partial charge in [0.1, 0.15) is 6.54 Å². The molecule has 0 heterocycles. The molecule has 5 nitrogen and oxygen atoms in total. The number of hydrogen-bond acceptors (Lipinski definition) is 4. The number of carbonyl (C=O) groups is 1. The van der Waals surface area contributed by atoms with Crippen molar-refractivity contribution in [3.8, 4) is 6.07 Å². The van der Waals surface area contributed by atoms with Crippen LogP contribution in [0.1, 0.15) is 0 Å². The first-order valence-corrected chi connectivity index (χ1v) is 5.28. The lowest BCUT2D eigenvalue weighted by Crippen LogP contribution is -2.29. The monoisotopic (exact) mass is 232 g/mol. The van der Waals surface area contributed by atoms with Gasteiger partial charge in [0.2, 0.25) is 5.91 Å². The van der Waals surface area contributed by atoms with Crippen molar-refractivity contribution in [2.45, 2.75) is 0 Å². The van der Waals surface area contributed by atoms with E-state index in [-0.39, 0.29) is 19.0 Å². The van der Waals surface area contributed by atoms with E-state index in [1.807, 2.05) is 49.3 Å². The van der Waals surface area contributed by atoms with Crippen molar-refractivity contribution >= 4 is 17.3 Å². The molecule has 0 saturated heterocycles. The van der Waals surface area contributed by atoms with Gasteiger partial charge < -0.3 is 15.5 Å². The molecule has 0 aromatic heterocycles. The van der Waals surface area contributed by atoms with E-state index >= 15 is 0 Å². The molecule has 0 aliphatic rings. The standard InChI is InChI=1S/C12H16N4O/c1-16(2)11-5-3-10(4-6-11)15-9-12(17)14-8-7-13/h3-6,15H,8-9H2,1-2H3,(H,14,17).